The zero-order chi connectivity index (χ0) is 31.3. The highest BCUT2D eigenvalue weighted by Gasteiger charge is 2.34. The van der Waals surface area contributed by atoms with Crippen LogP contribution in [0.1, 0.15) is 127 Å². The van der Waals surface area contributed by atoms with Crippen LogP contribution in [0.25, 0.3) is 0 Å². The molecule has 3 saturated carbocycles. The predicted octanol–water partition coefficient (Wildman–Crippen LogP) is 6.24. The second-order valence-corrected chi connectivity index (χ2v) is 9.73. The maximum absolute atomic E-state index is 12.3. The van der Waals surface area contributed by atoms with Crippen LogP contribution >= 0.6 is 0 Å². The van der Waals surface area contributed by atoms with Crippen molar-refractivity contribution in [1.82, 2.24) is 9.80 Å². The van der Waals surface area contributed by atoms with E-state index in [4.69, 9.17) is 10.2 Å². The van der Waals surface area contributed by atoms with Gasteiger partial charge in [-0.2, -0.15) is 8.78 Å². The van der Waals surface area contributed by atoms with Gasteiger partial charge in [-0.3, -0.25) is 14.4 Å². The van der Waals surface area contributed by atoms with Crippen molar-refractivity contribution >= 4 is 17.6 Å². The summed E-state index contributed by atoms with van der Waals surface area (Å²) in [5, 5.41) is 17.9. The average molecular weight is 567 g/mol. The van der Waals surface area contributed by atoms with Gasteiger partial charge in [0.2, 0.25) is 5.78 Å². The van der Waals surface area contributed by atoms with Crippen molar-refractivity contribution in [3.63, 3.8) is 0 Å². The van der Waals surface area contributed by atoms with Crippen molar-refractivity contribution in [1.29, 1.82) is 0 Å². The van der Waals surface area contributed by atoms with Crippen molar-refractivity contribution in [3.05, 3.63) is 0 Å². The monoisotopic (exact) mass is 566 g/mol. The molecule has 0 heterocycles. The molecule has 0 radical (unpaired) electrons. The van der Waals surface area contributed by atoms with Crippen molar-refractivity contribution < 1.29 is 33.4 Å². The van der Waals surface area contributed by atoms with Crippen molar-refractivity contribution in [2.45, 2.75) is 157 Å². The van der Waals surface area contributed by atoms with Gasteiger partial charge in [0.1, 0.15) is 12.2 Å². The molecule has 2 atom stereocenters. The fraction of sp³-hybridized carbons (Fsp3) is 0.900. The molecule has 3 aliphatic carbocycles. The molecule has 2 amide bonds. The van der Waals surface area contributed by atoms with Gasteiger partial charge in [-0.05, 0) is 58.3 Å². The molecule has 0 unspecified atom stereocenters. The Labute approximate surface area is 237 Å². The molecule has 9 heteroatoms. The summed E-state index contributed by atoms with van der Waals surface area (Å²) in [4.78, 5) is 36.3. The number of Topliss-reactive ketones (excluding diaryl/α,β-unsaturated/α-hetero) is 1. The lowest BCUT2D eigenvalue weighted by Crippen LogP contribution is -2.45. The predicted molar refractivity (Wildman–Crippen MR) is 156 cm³/mol. The number of likely N-dealkylation sites (N-methyl/N-ethyl adjacent to an activating group) is 2. The number of hydrogen-bond acceptors (Lipinski definition) is 5. The van der Waals surface area contributed by atoms with E-state index in [1.54, 1.807) is 23.9 Å². The van der Waals surface area contributed by atoms with Crippen LogP contribution in [0.2, 0.25) is 0 Å². The minimum atomic E-state index is -3.12. The van der Waals surface area contributed by atoms with E-state index in [0.29, 0.717) is 19.0 Å². The molecule has 0 aromatic heterocycles. The topological polar surface area (TPSA) is 98.1 Å². The van der Waals surface area contributed by atoms with Crippen molar-refractivity contribution in [3.8, 4) is 0 Å². The normalized spacial score (nSPS) is 17.6. The molecule has 2 N–H and O–H groups in total. The summed E-state index contributed by atoms with van der Waals surface area (Å²) in [6.07, 6.45) is 8.15. The molecule has 234 valence electrons. The van der Waals surface area contributed by atoms with Crippen LogP contribution in [0.15, 0.2) is 0 Å². The molecule has 0 saturated heterocycles. The molecule has 3 rings (SSSR count). The lowest BCUT2D eigenvalue weighted by Gasteiger charge is -2.35. The Balaban J connectivity index is -0.000000453. The molecule has 3 fully saturated rings. The van der Waals surface area contributed by atoms with E-state index in [9.17, 15) is 23.2 Å². The van der Waals surface area contributed by atoms with Gasteiger partial charge in [-0.15, -0.1) is 0 Å². The van der Waals surface area contributed by atoms with Gasteiger partial charge in [0, 0.05) is 39.5 Å². The Morgan fingerprint density at radius 2 is 1.00 bits per heavy atom. The van der Waals surface area contributed by atoms with Crippen molar-refractivity contribution in [2.24, 2.45) is 5.92 Å². The SMILES string of the molecule is CC.CC.CC.CC(F)(F)C(=O)CC1CCC1.C[C@@H](O)C(=O)N(C)C1CCC1.C[C@H](O)C(=O)N(C)C1CCC1. The summed E-state index contributed by atoms with van der Waals surface area (Å²) in [6.45, 7) is 15.7. The molecule has 0 bridgehead atoms. The maximum Gasteiger partial charge on any atom is 0.302 e. The number of aliphatic hydroxyl groups excluding tert-OH is 2. The third-order valence-corrected chi connectivity index (χ3v) is 6.84. The summed E-state index contributed by atoms with van der Waals surface area (Å²) in [5.41, 5.74) is 0. The van der Waals surface area contributed by atoms with Crippen LogP contribution in [-0.2, 0) is 14.4 Å². The van der Waals surface area contributed by atoms with E-state index in [2.05, 4.69) is 0 Å². The van der Waals surface area contributed by atoms with E-state index in [0.717, 1.165) is 44.9 Å². The van der Waals surface area contributed by atoms with Gasteiger partial charge in [-0.1, -0.05) is 60.8 Å². The van der Waals surface area contributed by atoms with Crippen LogP contribution in [0.3, 0.4) is 0 Å². The first-order valence-electron chi connectivity index (χ1n) is 15.1. The zero-order valence-electron chi connectivity index (χ0n) is 26.7. The molecule has 0 spiro atoms. The number of amides is 2. The number of carbonyl (C=O) groups excluding carboxylic acids is 3. The molecule has 0 aromatic carbocycles. The fourth-order valence-corrected chi connectivity index (χ4v) is 3.64. The highest BCUT2D eigenvalue weighted by molar-refractivity contribution is 5.85. The smallest absolute Gasteiger partial charge is 0.302 e. The van der Waals surface area contributed by atoms with Gasteiger partial charge < -0.3 is 20.0 Å². The largest absolute Gasteiger partial charge is 0.384 e. The van der Waals surface area contributed by atoms with Crippen LogP contribution in [-0.4, -0.2) is 81.9 Å². The summed E-state index contributed by atoms with van der Waals surface area (Å²) >= 11 is 0. The third-order valence-electron chi connectivity index (χ3n) is 6.84. The quantitative estimate of drug-likeness (QED) is 0.380. The molecule has 7 nitrogen and oxygen atoms in total. The Kier molecular flexibility index (Phi) is 24.8. The Morgan fingerprint density at radius 3 is 1.15 bits per heavy atom. The van der Waals surface area contributed by atoms with Crippen molar-refractivity contribution in [2.75, 3.05) is 14.1 Å². The highest BCUT2D eigenvalue weighted by atomic mass is 19.3. The minimum absolute atomic E-state index is 0.0729. The summed E-state index contributed by atoms with van der Waals surface area (Å²) in [7, 11) is 3.53. The first-order valence-corrected chi connectivity index (χ1v) is 15.1. The number of hydrogen-bond donors (Lipinski definition) is 2. The van der Waals surface area contributed by atoms with Gasteiger partial charge in [0.15, 0.2) is 0 Å². The number of rotatable bonds is 7. The summed E-state index contributed by atoms with van der Waals surface area (Å²) in [6, 6.07) is 0.772. The van der Waals surface area contributed by atoms with E-state index in [1.165, 1.54) is 26.7 Å². The van der Waals surface area contributed by atoms with Crippen LogP contribution < -0.4 is 0 Å². The van der Waals surface area contributed by atoms with E-state index in [1.807, 2.05) is 41.5 Å². The first-order chi connectivity index (χ1) is 18.3. The molecule has 3 aliphatic rings. The summed E-state index contributed by atoms with van der Waals surface area (Å²) < 4.78 is 24.6. The van der Waals surface area contributed by atoms with Crippen LogP contribution in [0, 0.1) is 5.92 Å². The maximum atomic E-state index is 12.3. The first kappa shape index (κ1) is 41.9. The Hall–Kier alpha value is -1.61. The minimum Gasteiger partial charge on any atom is -0.384 e. The number of ketones is 1. The lowest BCUT2D eigenvalue weighted by molar-refractivity contribution is -0.142. The second kappa shape index (κ2) is 23.1. The van der Waals surface area contributed by atoms with Gasteiger partial charge in [0.05, 0.1) is 0 Å². The van der Waals surface area contributed by atoms with Gasteiger partial charge >= 0.3 is 5.92 Å². The third kappa shape index (κ3) is 16.9. The Morgan fingerprint density at radius 1 is 0.718 bits per heavy atom. The Bertz CT molecular complexity index is 603. The number of carbonyl (C=O) groups is 3. The molecule has 0 aliphatic heterocycles. The van der Waals surface area contributed by atoms with Gasteiger partial charge in [-0.25, -0.2) is 0 Å². The summed E-state index contributed by atoms with van der Waals surface area (Å²) in [5.74, 6) is -4.09. The fourth-order valence-electron chi connectivity index (χ4n) is 3.64. The molecular weight excluding hydrogens is 506 g/mol. The van der Waals surface area contributed by atoms with Gasteiger partial charge in [0.25, 0.3) is 11.8 Å². The lowest BCUT2D eigenvalue weighted by atomic mass is 9.81. The number of alkyl halides is 2. The highest BCUT2D eigenvalue weighted by Crippen LogP contribution is 2.32. The number of nitrogens with zero attached hydrogens (tertiary/aromatic N) is 2. The van der Waals surface area contributed by atoms with E-state index >= 15 is 0 Å². The molecule has 39 heavy (non-hydrogen) atoms. The standard InChI is InChI=1S/C8H12F2O.2C8H15NO2.3C2H6/c1-8(9,10)7(11)5-6-3-2-4-6;2*1-6(10)8(11)9(2)7-4-3-5-7;3*1-2/h6H,2-5H2,1H3;2*6-7,10H,3-5H2,1-2H3;3*1-2H3/t;2*6-;;;/m.10.../s1. The van der Waals surface area contributed by atoms with E-state index < -0.39 is 23.9 Å². The zero-order valence-corrected chi connectivity index (χ0v) is 26.7. The number of halogens is 2. The molecular formula is C30H60F2N2O5. The number of aliphatic hydroxyl groups is 2. The van der Waals surface area contributed by atoms with E-state index in [-0.39, 0.29) is 24.2 Å². The van der Waals surface area contributed by atoms with Crippen LogP contribution in [0.4, 0.5) is 8.78 Å². The van der Waals surface area contributed by atoms with Crippen LogP contribution in [0.5, 0.6) is 0 Å². The molecule has 0 aromatic rings. The average Bonchev–Trinajstić information content (AvgIpc) is 2.81. The second-order valence-electron chi connectivity index (χ2n) is 9.73.